The average molecular weight is 345 g/mol. The number of halogens is 1. The number of carbonyl (C=O) groups is 1. The minimum atomic E-state index is -0.405. The number of nitrogens with zero attached hydrogens (tertiary/aromatic N) is 1. The Morgan fingerprint density at radius 2 is 1.95 bits per heavy atom. The smallest absolute Gasteiger partial charge is 0.341 e. The number of methoxy groups -OCH3 is 1. The number of carbonyl (C=O) groups excluding carboxylic acids is 1. The lowest BCUT2D eigenvalue weighted by atomic mass is 10.0. The third-order valence-electron chi connectivity index (χ3n) is 3.48. The van der Waals surface area contributed by atoms with Crippen LogP contribution in [0.2, 0.25) is 0 Å². The second kappa shape index (κ2) is 5.33. The van der Waals surface area contributed by atoms with Crippen molar-refractivity contribution in [2.24, 2.45) is 0 Å². The predicted octanol–water partition coefficient (Wildman–Crippen LogP) is 3.98. The van der Waals surface area contributed by atoms with Crippen molar-refractivity contribution in [2.75, 3.05) is 19.5 Å². The summed E-state index contributed by atoms with van der Waals surface area (Å²) >= 11 is 3.59. The van der Waals surface area contributed by atoms with E-state index in [9.17, 15) is 4.79 Å². The van der Waals surface area contributed by atoms with Crippen molar-refractivity contribution in [1.82, 2.24) is 4.98 Å². The Kier molecular flexibility index (Phi) is 3.51. The Hall–Kier alpha value is -2.14. The minimum absolute atomic E-state index is 0.405. The lowest BCUT2D eigenvalue weighted by Crippen LogP contribution is -2.07. The Morgan fingerprint density at radius 1 is 1.24 bits per heavy atom. The van der Waals surface area contributed by atoms with E-state index in [1.807, 2.05) is 30.3 Å². The van der Waals surface area contributed by atoms with Crippen LogP contribution in [0.15, 0.2) is 41.0 Å². The van der Waals surface area contributed by atoms with E-state index in [1.165, 1.54) is 7.11 Å². The highest BCUT2D eigenvalue weighted by molar-refractivity contribution is 9.10. The molecule has 21 heavy (non-hydrogen) atoms. The standard InChI is InChI=1S/C16H13BrN2O2/c1-18-14-11-7-13(17)9-5-3-4-6-10(9)15(11)19-8-12(14)16(20)21-2/h3-8H,1-2H3,(H,18,19). The highest BCUT2D eigenvalue weighted by Gasteiger charge is 2.17. The van der Waals surface area contributed by atoms with Crippen molar-refractivity contribution in [2.45, 2.75) is 0 Å². The first-order valence-corrected chi connectivity index (χ1v) is 7.22. The summed E-state index contributed by atoms with van der Waals surface area (Å²) in [6.45, 7) is 0. The number of benzene rings is 2. The molecule has 0 spiro atoms. The van der Waals surface area contributed by atoms with Crippen LogP contribution >= 0.6 is 15.9 Å². The van der Waals surface area contributed by atoms with Gasteiger partial charge in [0.25, 0.3) is 0 Å². The first-order valence-electron chi connectivity index (χ1n) is 6.43. The first kappa shape index (κ1) is 13.8. The number of pyridine rings is 1. The van der Waals surface area contributed by atoms with Crippen LogP contribution in [0.5, 0.6) is 0 Å². The van der Waals surface area contributed by atoms with E-state index >= 15 is 0 Å². The van der Waals surface area contributed by atoms with Gasteiger partial charge in [0.05, 0.1) is 18.3 Å². The number of ether oxygens (including phenoxy) is 1. The lowest BCUT2D eigenvalue weighted by molar-refractivity contribution is 0.0601. The average Bonchev–Trinajstić information content (AvgIpc) is 2.53. The predicted molar refractivity (Wildman–Crippen MR) is 87.8 cm³/mol. The van der Waals surface area contributed by atoms with Crippen molar-refractivity contribution in [1.29, 1.82) is 0 Å². The van der Waals surface area contributed by atoms with E-state index in [1.54, 1.807) is 13.2 Å². The molecule has 0 aliphatic heterocycles. The van der Waals surface area contributed by atoms with Crippen molar-refractivity contribution in [3.63, 3.8) is 0 Å². The molecule has 0 fully saturated rings. The number of hydrogen-bond donors (Lipinski definition) is 1. The molecular weight excluding hydrogens is 332 g/mol. The molecule has 5 heteroatoms. The summed E-state index contributed by atoms with van der Waals surface area (Å²) in [5.41, 5.74) is 2.00. The molecule has 0 saturated heterocycles. The number of rotatable bonds is 2. The van der Waals surface area contributed by atoms with Crippen LogP contribution in [0.4, 0.5) is 5.69 Å². The van der Waals surface area contributed by atoms with Gasteiger partial charge in [0, 0.05) is 28.5 Å². The molecule has 4 nitrogen and oxygen atoms in total. The fourth-order valence-electron chi connectivity index (χ4n) is 2.52. The number of hydrogen-bond acceptors (Lipinski definition) is 4. The zero-order valence-electron chi connectivity index (χ0n) is 11.6. The number of nitrogens with one attached hydrogen (secondary N) is 1. The van der Waals surface area contributed by atoms with Crippen molar-refractivity contribution in [3.8, 4) is 0 Å². The molecule has 2 aromatic carbocycles. The van der Waals surface area contributed by atoms with E-state index in [0.29, 0.717) is 5.56 Å². The van der Waals surface area contributed by atoms with Crippen molar-refractivity contribution in [3.05, 3.63) is 46.6 Å². The van der Waals surface area contributed by atoms with E-state index in [-0.39, 0.29) is 0 Å². The van der Waals surface area contributed by atoms with Gasteiger partial charge in [0.1, 0.15) is 5.56 Å². The van der Waals surface area contributed by atoms with Gasteiger partial charge in [0.15, 0.2) is 0 Å². The summed E-state index contributed by atoms with van der Waals surface area (Å²) in [6, 6.07) is 9.99. The number of esters is 1. The molecule has 0 atom stereocenters. The molecule has 106 valence electrons. The lowest BCUT2D eigenvalue weighted by Gasteiger charge is -2.13. The van der Waals surface area contributed by atoms with E-state index < -0.39 is 5.97 Å². The molecule has 1 aromatic heterocycles. The van der Waals surface area contributed by atoms with E-state index in [0.717, 1.165) is 31.8 Å². The summed E-state index contributed by atoms with van der Waals surface area (Å²) in [7, 11) is 3.15. The van der Waals surface area contributed by atoms with Crippen molar-refractivity contribution < 1.29 is 9.53 Å². The van der Waals surface area contributed by atoms with Crippen LogP contribution in [0.25, 0.3) is 21.7 Å². The van der Waals surface area contributed by atoms with Gasteiger partial charge in [-0.25, -0.2) is 4.79 Å². The number of aromatic nitrogens is 1. The quantitative estimate of drug-likeness (QED) is 0.564. The maximum Gasteiger partial charge on any atom is 0.341 e. The summed E-state index contributed by atoms with van der Waals surface area (Å²) in [5.74, 6) is -0.405. The van der Waals surface area contributed by atoms with E-state index in [2.05, 4.69) is 26.2 Å². The zero-order valence-corrected chi connectivity index (χ0v) is 13.2. The normalized spacial score (nSPS) is 10.8. The largest absolute Gasteiger partial charge is 0.465 e. The molecule has 0 aliphatic carbocycles. The molecule has 1 heterocycles. The van der Waals surface area contributed by atoms with Gasteiger partial charge in [-0.15, -0.1) is 0 Å². The minimum Gasteiger partial charge on any atom is -0.465 e. The van der Waals surface area contributed by atoms with Crippen LogP contribution in [-0.2, 0) is 4.74 Å². The van der Waals surface area contributed by atoms with Gasteiger partial charge in [-0.05, 0) is 11.5 Å². The van der Waals surface area contributed by atoms with Gasteiger partial charge >= 0.3 is 5.97 Å². The van der Waals surface area contributed by atoms with Crippen LogP contribution in [0, 0.1) is 0 Å². The maximum absolute atomic E-state index is 11.9. The van der Waals surface area contributed by atoms with Crippen LogP contribution in [0.3, 0.4) is 0 Å². The van der Waals surface area contributed by atoms with Crippen molar-refractivity contribution >= 4 is 49.3 Å². The Morgan fingerprint density at radius 3 is 2.62 bits per heavy atom. The van der Waals surface area contributed by atoms with Crippen LogP contribution in [-0.4, -0.2) is 25.1 Å². The fourth-order valence-corrected chi connectivity index (χ4v) is 3.09. The van der Waals surface area contributed by atoms with Gasteiger partial charge in [-0.3, -0.25) is 4.98 Å². The molecule has 3 aromatic rings. The fraction of sp³-hybridized carbons (Fsp3) is 0.125. The molecule has 1 N–H and O–H groups in total. The third kappa shape index (κ3) is 2.14. The molecule has 0 bridgehead atoms. The highest BCUT2D eigenvalue weighted by atomic mass is 79.9. The zero-order chi connectivity index (χ0) is 15.0. The molecular formula is C16H13BrN2O2. The van der Waals surface area contributed by atoms with Crippen LogP contribution < -0.4 is 5.32 Å². The molecule has 3 rings (SSSR count). The van der Waals surface area contributed by atoms with Gasteiger partial charge in [0.2, 0.25) is 0 Å². The molecule has 0 radical (unpaired) electrons. The number of anilines is 1. The molecule has 0 saturated carbocycles. The second-order valence-corrected chi connectivity index (χ2v) is 5.44. The highest BCUT2D eigenvalue weighted by Crippen LogP contribution is 2.35. The molecule has 0 unspecified atom stereocenters. The first-order chi connectivity index (χ1) is 10.2. The Labute approximate surface area is 130 Å². The van der Waals surface area contributed by atoms with Crippen LogP contribution in [0.1, 0.15) is 10.4 Å². The summed E-state index contributed by atoms with van der Waals surface area (Å²) in [6.07, 6.45) is 1.56. The maximum atomic E-state index is 11.9. The number of fused-ring (bicyclic) bond motifs is 3. The Bertz CT molecular complexity index is 862. The third-order valence-corrected chi connectivity index (χ3v) is 4.14. The summed E-state index contributed by atoms with van der Waals surface area (Å²) < 4.78 is 5.78. The Balaban J connectivity index is 2.46. The molecule has 0 aliphatic rings. The van der Waals surface area contributed by atoms with Gasteiger partial charge in [-0.2, -0.15) is 0 Å². The van der Waals surface area contributed by atoms with Gasteiger partial charge < -0.3 is 10.1 Å². The summed E-state index contributed by atoms with van der Waals surface area (Å²) in [5, 5.41) is 6.09. The van der Waals surface area contributed by atoms with E-state index in [4.69, 9.17) is 4.74 Å². The SMILES string of the molecule is CNc1c(C(=O)OC)cnc2c1cc(Br)c1ccccc12. The summed E-state index contributed by atoms with van der Waals surface area (Å²) in [4.78, 5) is 16.3. The van der Waals surface area contributed by atoms with Gasteiger partial charge in [-0.1, -0.05) is 40.2 Å². The monoisotopic (exact) mass is 344 g/mol. The topological polar surface area (TPSA) is 51.2 Å². The molecule has 0 amide bonds. The second-order valence-electron chi connectivity index (χ2n) is 4.59.